The van der Waals surface area contributed by atoms with Crippen LogP contribution in [0, 0.1) is 12.8 Å². The first-order valence-electron chi connectivity index (χ1n) is 7.83. The van der Waals surface area contributed by atoms with E-state index in [9.17, 15) is 4.79 Å². The van der Waals surface area contributed by atoms with Crippen molar-refractivity contribution in [2.24, 2.45) is 5.92 Å². The van der Waals surface area contributed by atoms with E-state index in [0.29, 0.717) is 12.5 Å². The Labute approximate surface area is 132 Å². The average Bonchev–Trinajstić information content (AvgIpc) is 2.99. The van der Waals surface area contributed by atoms with Gasteiger partial charge in [-0.2, -0.15) is 0 Å². The van der Waals surface area contributed by atoms with Gasteiger partial charge in [0.15, 0.2) is 0 Å². The van der Waals surface area contributed by atoms with Crippen molar-refractivity contribution in [3.8, 4) is 5.75 Å². The first-order valence-corrected chi connectivity index (χ1v) is 7.83. The van der Waals surface area contributed by atoms with Crippen LogP contribution in [0.2, 0.25) is 0 Å². The molecule has 2 rings (SSSR count). The van der Waals surface area contributed by atoms with Crippen LogP contribution in [-0.2, 0) is 4.74 Å². The van der Waals surface area contributed by atoms with Crippen LogP contribution in [0.1, 0.15) is 18.9 Å². The number of benzene rings is 1. The smallest absolute Gasteiger partial charge is 0.317 e. The summed E-state index contributed by atoms with van der Waals surface area (Å²) < 4.78 is 11.0. The third kappa shape index (κ3) is 5.22. The molecule has 1 aliphatic rings. The Morgan fingerprint density at radius 2 is 2.18 bits per heavy atom. The molecule has 1 aromatic rings. The summed E-state index contributed by atoms with van der Waals surface area (Å²) in [7, 11) is 1.82. The van der Waals surface area contributed by atoms with Gasteiger partial charge in [0, 0.05) is 26.1 Å². The Hall–Kier alpha value is -1.75. The van der Waals surface area contributed by atoms with Gasteiger partial charge in [0.1, 0.15) is 12.4 Å². The van der Waals surface area contributed by atoms with Crippen LogP contribution in [0.3, 0.4) is 0 Å². The van der Waals surface area contributed by atoms with Gasteiger partial charge in [-0.3, -0.25) is 0 Å². The van der Waals surface area contributed by atoms with Gasteiger partial charge < -0.3 is 19.7 Å². The molecule has 1 aliphatic heterocycles. The van der Waals surface area contributed by atoms with Crippen molar-refractivity contribution in [1.82, 2.24) is 10.2 Å². The number of carbonyl (C=O) groups is 1. The molecule has 1 N–H and O–H groups in total. The van der Waals surface area contributed by atoms with E-state index in [4.69, 9.17) is 9.47 Å². The van der Waals surface area contributed by atoms with E-state index in [-0.39, 0.29) is 12.1 Å². The van der Waals surface area contributed by atoms with Gasteiger partial charge in [-0.1, -0.05) is 17.7 Å². The van der Waals surface area contributed by atoms with Gasteiger partial charge in [0.25, 0.3) is 0 Å². The van der Waals surface area contributed by atoms with Crippen LogP contribution in [0.25, 0.3) is 0 Å². The van der Waals surface area contributed by atoms with Crippen LogP contribution >= 0.6 is 0 Å². The SMILES string of the molecule is Cc1ccc(OCC(C)NC(=O)N(C)CC2CCOC2)cc1. The van der Waals surface area contributed by atoms with E-state index in [0.717, 1.165) is 31.9 Å². The molecule has 0 radical (unpaired) electrons. The van der Waals surface area contributed by atoms with Crippen molar-refractivity contribution in [3.63, 3.8) is 0 Å². The van der Waals surface area contributed by atoms with E-state index in [1.54, 1.807) is 4.90 Å². The molecule has 1 aromatic carbocycles. The number of aryl methyl sites for hydroxylation is 1. The molecular weight excluding hydrogens is 280 g/mol. The van der Waals surface area contributed by atoms with E-state index in [2.05, 4.69) is 5.32 Å². The number of amides is 2. The lowest BCUT2D eigenvalue weighted by Gasteiger charge is -2.23. The molecule has 5 nitrogen and oxygen atoms in total. The molecule has 0 bridgehead atoms. The number of hydrogen-bond donors (Lipinski definition) is 1. The van der Waals surface area contributed by atoms with E-state index in [1.807, 2.05) is 45.2 Å². The van der Waals surface area contributed by atoms with Crippen molar-refractivity contribution in [2.45, 2.75) is 26.3 Å². The maximum absolute atomic E-state index is 12.1. The van der Waals surface area contributed by atoms with E-state index >= 15 is 0 Å². The second kappa shape index (κ2) is 8.03. The number of nitrogens with one attached hydrogen (secondary N) is 1. The Morgan fingerprint density at radius 3 is 2.82 bits per heavy atom. The van der Waals surface area contributed by atoms with Crippen molar-refractivity contribution in [2.75, 3.05) is 33.4 Å². The largest absolute Gasteiger partial charge is 0.491 e. The fourth-order valence-corrected chi connectivity index (χ4v) is 2.42. The number of carbonyl (C=O) groups excluding carboxylic acids is 1. The Morgan fingerprint density at radius 1 is 1.45 bits per heavy atom. The maximum atomic E-state index is 12.1. The minimum absolute atomic E-state index is 0.0453. The predicted molar refractivity (Wildman–Crippen MR) is 86.2 cm³/mol. The summed E-state index contributed by atoms with van der Waals surface area (Å²) in [5, 5.41) is 2.96. The van der Waals surface area contributed by atoms with Crippen molar-refractivity contribution >= 4 is 6.03 Å². The van der Waals surface area contributed by atoms with Crippen LogP contribution in [0.5, 0.6) is 5.75 Å². The predicted octanol–water partition coefficient (Wildman–Crippen LogP) is 2.44. The fraction of sp³-hybridized carbons (Fsp3) is 0.588. The third-order valence-electron chi connectivity index (χ3n) is 3.79. The zero-order valence-electron chi connectivity index (χ0n) is 13.7. The van der Waals surface area contributed by atoms with Crippen LogP contribution in [0.4, 0.5) is 4.79 Å². The molecule has 0 saturated carbocycles. The number of nitrogens with zero attached hydrogens (tertiary/aromatic N) is 1. The molecule has 122 valence electrons. The fourth-order valence-electron chi connectivity index (χ4n) is 2.42. The summed E-state index contributed by atoms with van der Waals surface area (Å²) in [6.45, 7) is 6.73. The highest BCUT2D eigenvalue weighted by atomic mass is 16.5. The van der Waals surface area contributed by atoms with Gasteiger partial charge in [0.05, 0.1) is 12.6 Å². The van der Waals surface area contributed by atoms with Gasteiger partial charge in [-0.25, -0.2) is 4.79 Å². The Balaban J connectivity index is 1.69. The van der Waals surface area contributed by atoms with Crippen molar-refractivity contribution in [3.05, 3.63) is 29.8 Å². The van der Waals surface area contributed by atoms with Gasteiger partial charge >= 0.3 is 6.03 Å². The number of ether oxygens (including phenoxy) is 2. The van der Waals surface area contributed by atoms with Crippen molar-refractivity contribution < 1.29 is 14.3 Å². The lowest BCUT2D eigenvalue weighted by Crippen LogP contribution is -2.45. The molecule has 22 heavy (non-hydrogen) atoms. The summed E-state index contributed by atoms with van der Waals surface area (Å²) in [5.41, 5.74) is 1.20. The highest BCUT2D eigenvalue weighted by Crippen LogP contribution is 2.13. The van der Waals surface area contributed by atoms with Crippen molar-refractivity contribution in [1.29, 1.82) is 0 Å². The molecule has 0 aromatic heterocycles. The number of rotatable bonds is 6. The second-order valence-corrected chi connectivity index (χ2v) is 6.08. The third-order valence-corrected chi connectivity index (χ3v) is 3.79. The standard InChI is InChI=1S/C17H26N2O3/c1-13-4-6-16(7-5-13)22-11-14(2)18-17(20)19(3)10-15-8-9-21-12-15/h4-7,14-15H,8-12H2,1-3H3,(H,18,20). The monoisotopic (exact) mass is 306 g/mol. The molecule has 0 spiro atoms. The molecule has 5 heteroatoms. The lowest BCUT2D eigenvalue weighted by atomic mass is 10.1. The van der Waals surface area contributed by atoms with E-state index < -0.39 is 0 Å². The van der Waals surface area contributed by atoms with Gasteiger partial charge in [-0.15, -0.1) is 0 Å². The molecule has 2 amide bonds. The first kappa shape index (κ1) is 16.6. The zero-order valence-corrected chi connectivity index (χ0v) is 13.7. The van der Waals surface area contributed by atoms with Crippen LogP contribution in [-0.4, -0.2) is 50.4 Å². The Kier molecular flexibility index (Phi) is 6.07. The summed E-state index contributed by atoms with van der Waals surface area (Å²) in [5.74, 6) is 1.28. The average molecular weight is 306 g/mol. The molecule has 1 fully saturated rings. The normalized spacial score (nSPS) is 18.8. The molecule has 2 atom stereocenters. The topological polar surface area (TPSA) is 50.8 Å². The van der Waals surface area contributed by atoms with Gasteiger partial charge in [0.2, 0.25) is 0 Å². The lowest BCUT2D eigenvalue weighted by molar-refractivity contribution is 0.168. The van der Waals surface area contributed by atoms with Crippen LogP contribution < -0.4 is 10.1 Å². The highest BCUT2D eigenvalue weighted by Gasteiger charge is 2.20. The molecule has 2 unspecified atom stereocenters. The number of urea groups is 1. The van der Waals surface area contributed by atoms with Gasteiger partial charge in [-0.05, 0) is 32.4 Å². The highest BCUT2D eigenvalue weighted by molar-refractivity contribution is 5.74. The van der Waals surface area contributed by atoms with Crippen LogP contribution in [0.15, 0.2) is 24.3 Å². The maximum Gasteiger partial charge on any atom is 0.317 e. The summed E-state index contributed by atoms with van der Waals surface area (Å²) >= 11 is 0. The summed E-state index contributed by atoms with van der Waals surface area (Å²) in [6, 6.07) is 7.79. The first-order chi connectivity index (χ1) is 10.5. The second-order valence-electron chi connectivity index (χ2n) is 6.08. The quantitative estimate of drug-likeness (QED) is 0.878. The Bertz CT molecular complexity index is 469. The molecule has 1 heterocycles. The summed E-state index contributed by atoms with van der Waals surface area (Å²) in [6.07, 6.45) is 1.03. The minimum Gasteiger partial charge on any atom is -0.491 e. The molecular formula is C17H26N2O3. The zero-order chi connectivity index (χ0) is 15.9. The molecule has 1 saturated heterocycles. The summed E-state index contributed by atoms with van der Waals surface area (Å²) in [4.78, 5) is 13.8. The van der Waals surface area contributed by atoms with E-state index in [1.165, 1.54) is 5.56 Å². The number of hydrogen-bond acceptors (Lipinski definition) is 3. The molecule has 0 aliphatic carbocycles. The minimum atomic E-state index is -0.0630.